The average Bonchev–Trinajstić information content (AvgIpc) is 3.38. The molecule has 0 spiro atoms. The monoisotopic (exact) mass is 427 g/mol. The van der Waals surface area contributed by atoms with Crippen LogP contribution in [0, 0.1) is 0 Å². The van der Waals surface area contributed by atoms with Crippen LogP contribution in [0.15, 0.2) is 24.7 Å². The minimum absolute atomic E-state index is 0.107. The Hall–Kier alpha value is -2.40. The molecule has 0 amide bonds. The van der Waals surface area contributed by atoms with Gasteiger partial charge >= 0.3 is 0 Å². The van der Waals surface area contributed by atoms with E-state index in [9.17, 15) is 5.11 Å². The molecule has 2 unspecified atom stereocenters. The Morgan fingerprint density at radius 3 is 2.83 bits per heavy atom. The minimum Gasteiger partial charge on any atom is -0.392 e. The lowest BCUT2D eigenvalue weighted by molar-refractivity contribution is 0.0388. The Balaban J connectivity index is 1.31. The SMILES string of the molecule is CNc1ncc(C2CN(c3ncc4cc(CN5CCC(O)C5)sc4n3)CCO2)cn1. The lowest BCUT2D eigenvalue weighted by Gasteiger charge is -2.32. The zero-order valence-electron chi connectivity index (χ0n) is 16.9. The molecule has 2 N–H and O–H groups in total. The van der Waals surface area contributed by atoms with Gasteiger partial charge in [0.2, 0.25) is 11.9 Å². The number of hydrogen-bond donors (Lipinski definition) is 2. The van der Waals surface area contributed by atoms with Gasteiger partial charge in [0.1, 0.15) is 10.9 Å². The van der Waals surface area contributed by atoms with Gasteiger partial charge in [0, 0.05) is 67.6 Å². The molecule has 0 bridgehead atoms. The smallest absolute Gasteiger partial charge is 0.226 e. The van der Waals surface area contributed by atoms with Crippen molar-refractivity contribution >= 4 is 33.5 Å². The summed E-state index contributed by atoms with van der Waals surface area (Å²) in [4.78, 5) is 24.7. The maximum absolute atomic E-state index is 9.74. The van der Waals surface area contributed by atoms with Crippen molar-refractivity contribution in [3.05, 3.63) is 35.1 Å². The highest BCUT2D eigenvalue weighted by Crippen LogP contribution is 2.29. The molecule has 3 aromatic heterocycles. The van der Waals surface area contributed by atoms with Gasteiger partial charge < -0.3 is 20.1 Å². The number of anilines is 2. The number of hydrogen-bond acceptors (Lipinski definition) is 10. The molecule has 2 aliphatic rings. The molecule has 158 valence electrons. The van der Waals surface area contributed by atoms with Crippen molar-refractivity contribution in [1.82, 2.24) is 24.8 Å². The van der Waals surface area contributed by atoms with Gasteiger partial charge in [-0.2, -0.15) is 0 Å². The van der Waals surface area contributed by atoms with Crippen molar-refractivity contribution in [2.75, 3.05) is 50.1 Å². The summed E-state index contributed by atoms with van der Waals surface area (Å²) in [7, 11) is 1.80. The number of morpholine rings is 1. The van der Waals surface area contributed by atoms with Gasteiger partial charge in [0.25, 0.3) is 0 Å². The van der Waals surface area contributed by atoms with E-state index in [0.717, 1.165) is 54.3 Å². The van der Waals surface area contributed by atoms with E-state index in [1.165, 1.54) is 4.88 Å². The van der Waals surface area contributed by atoms with Crippen molar-refractivity contribution in [3.63, 3.8) is 0 Å². The first-order valence-electron chi connectivity index (χ1n) is 10.2. The van der Waals surface area contributed by atoms with E-state index >= 15 is 0 Å². The second kappa shape index (κ2) is 8.38. The molecule has 2 saturated heterocycles. The van der Waals surface area contributed by atoms with Crippen molar-refractivity contribution in [1.29, 1.82) is 0 Å². The number of aliphatic hydroxyl groups excluding tert-OH is 1. The van der Waals surface area contributed by atoms with Crippen molar-refractivity contribution in [3.8, 4) is 0 Å². The topological polar surface area (TPSA) is 99.5 Å². The summed E-state index contributed by atoms with van der Waals surface area (Å²) in [5.74, 6) is 1.32. The molecule has 30 heavy (non-hydrogen) atoms. The summed E-state index contributed by atoms with van der Waals surface area (Å²) < 4.78 is 5.94. The standard InChI is InChI=1S/C20H25N7O2S/c1-21-19-22-8-14(9-23-19)17-12-27(4-5-29-17)20-24-7-13-6-16(30-18(13)25-20)11-26-3-2-15(28)10-26/h6-9,15,17,28H,2-5,10-12H2,1H3,(H,21,22,23). The molecule has 0 radical (unpaired) electrons. The number of fused-ring (bicyclic) bond motifs is 1. The Morgan fingerprint density at radius 1 is 1.20 bits per heavy atom. The quantitative estimate of drug-likeness (QED) is 0.630. The van der Waals surface area contributed by atoms with Crippen LogP contribution >= 0.6 is 11.3 Å². The number of thiophene rings is 1. The molecular weight excluding hydrogens is 402 g/mol. The van der Waals surface area contributed by atoms with Gasteiger partial charge in [-0.15, -0.1) is 11.3 Å². The summed E-state index contributed by atoms with van der Waals surface area (Å²) >= 11 is 1.71. The molecule has 9 nitrogen and oxygen atoms in total. The van der Waals surface area contributed by atoms with Crippen LogP contribution in [-0.4, -0.2) is 75.9 Å². The largest absolute Gasteiger partial charge is 0.392 e. The number of nitrogens with one attached hydrogen (secondary N) is 1. The van der Waals surface area contributed by atoms with E-state index < -0.39 is 0 Å². The lowest BCUT2D eigenvalue weighted by atomic mass is 10.1. The number of β-amino-alcohol motifs (C(OH)–C–C–N with tert-alkyl or cyclic N) is 1. The first kappa shape index (κ1) is 19.6. The van der Waals surface area contributed by atoms with Gasteiger partial charge in [-0.25, -0.2) is 19.9 Å². The van der Waals surface area contributed by atoms with Crippen LogP contribution in [0.2, 0.25) is 0 Å². The molecule has 2 atom stereocenters. The van der Waals surface area contributed by atoms with Crippen molar-refractivity contribution in [2.24, 2.45) is 0 Å². The summed E-state index contributed by atoms with van der Waals surface area (Å²) in [5, 5.41) is 13.7. The van der Waals surface area contributed by atoms with Crippen molar-refractivity contribution < 1.29 is 9.84 Å². The van der Waals surface area contributed by atoms with E-state index in [1.807, 2.05) is 6.20 Å². The van der Waals surface area contributed by atoms with Crippen molar-refractivity contribution in [2.45, 2.75) is 25.2 Å². The Bertz CT molecular complexity index is 1010. The third-order valence-electron chi connectivity index (χ3n) is 5.56. The van der Waals surface area contributed by atoms with E-state index in [0.29, 0.717) is 19.1 Å². The molecule has 0 aliphatic carbocycles. The maximum atomic E-state index is 9.74. The molecular formula is C20H25N7O2S. The van der Waals surface area contributed by atoms with Crippen LogP contribution in [0.25, 0.3) is 10.2 Å². The van der Waals surface area contributed by atoms with Crippen LogP contribution in [-0.2, 0) is 11.3 Å². The van der Waals surface area contributed by atoms with Crippen LogP contribution in [0.5, 0.6) is 0 Å². The summed E-state index contributed by atoms with van der Waals surface area (Å²) in [5.41, 5.74) is 0.950. The fourth-order valence-corrected chi connectivity index (χ4v) is 4.99. The summed E-state index contributed by atoms with van der Waals surface area (Å²) in [6, 6.07) is 2.16. The number of nitrogens with zero attached hydrogens (tertiary/aromatic N) is 6. The fraction of sp³-hybridized carbons (Fsp3) is 0.500. The summed E-state index contributed by atoms with van der Waals surface area (Å²) in [6.07, 6.45) is 6.07. The predicted octanol–water partition coefficient (Wildman–Crippen LogP) is 1.67. The zero-order chi connectivity index (χ0) is 20.5. The second-order valence-corrected chi connectivity index (χ2v) is 8.83. The van der Waals surface area contributed by atoms with Crippen LogP contribution in [0.4, 0.5) is 11.9 Å². The van der Waals surface area contributed by atoms with E-state index in [4.69, 9.17) is 9.72 Å². The number of ether oxygens (including phenoxy) is 1. The fourth-order valence-electron chi connectivity index (χ4n) is 3.95. The van der Waals surface area contributed by atoms with Crippen LogP contribution in [0.1, 0.15) is 23.0 Å². The molecule has 0 aromatic carbocycles. The molecule has 10 heteroatoms. The third-order valence-corrected chi connectivity index (χ3v) is 6.58. The maximum Gasteiger partial charge on any atom is 0.226 e. The Kier molecular flexibility index (Phi) is 5.47. The molecule has 2 aliphatic heterocycles. The summed E-state index contributed by atoms with van der Waals surface area (Å²) in [6.45, 7) is 4.57. The predicted molar refractivity (Wildman–Crippen MR) is 116 cm³/mol. The molecule has 5 rings (SSSR count). The number of rotatable bonds is 5. The first-order chi connectivity index (χ1) is 14.7. The number of aliphatic hydroxyl groups is 1. The van der Waals surface area contributed by atoms with Gasteiger partial charge in [0.15, 0.2) is 0 Å². The second-order valence-electron chi connectivity index (χ2n) is 7.72. The van der Waals surface area contributed by atoms with Gasteiger partial charge in [-0.1, -0.05) is 0 Å². The highest BCUT2D eigenvalue weighted by Gasteiger charge is 2.25. The number of likely N-dealkylation sites (tertiary alicyclic amines) is 1. The van der Waals surface area contributed by atoms with Gasteiger partial charge in [-0.3, -0.25) is 4.90 Å². The normalized spacial score (nSPS) is 22.7. The first-order valence-corrected chi connectivity index (χ1v) is 11.0. The lowest BCUT2D eigenvalue weighted by Crippen LogP contribution is -2.39. The van der Waals surface area contributed by atoms with E-state index in [2.05, 4.69) is 36.1 Å². The minimum atomic E-state index is -0.195. The molecule has 3 aromatic rings. The highest BCUT2D eigenvalue weighted by atomic mass is 32.1. The average molecular weight is 428 g/mol. The highest BCUT2D eigenvalue weighted by molar-refractivity contribution is 7.18. The number of aromatic nitrogens is 4. The Morgan fingerprint density at radius 2 is 2.07 bits per heavy atom. The molecule has 5 heterocycles. The van der Waals surface area contributed by atoms with Gasteiger partial charge in [-0.05, 0) is 12.5 Å². The molecule has 2 fully saturated rings. The van der Waals surface area contributed by atoms with E-state index in [1.54, 1.807) is 30.8 Å². The zero-order valence-corrected chi connectivity index (χ0v) is 17.7. The molecule has 0 saturated carbocycles. The third kappa shape index (κ3) is 4.08. The van der Waals surface area contributed by atoms with Crippen LogP contribution in [0.3, 0.4) is 0 Å². The Labute approximate surface area is 178 Å². The van der Waals surface area contributed by atoms with Crippen LogP contribution < -0.4 is 10.2 Å². The van der Waals surface area contributed by atoms with Gasteiger partial charge in [0.05, 0.1) is 19.3 Å². The van der Waals surface area contributed by atoms with E-state index in [-0.39, 0.29) is 12.2 Å².